The first-order valence-corrected chi connectivity index (χ1v) is 10.4. The molecule has 0 aromatic rings. The van der Waals surface area contributed by atoms with Crippen molar-refractivity contribution in [3.63, 3.8) is 0 Å². The summed E-state index contributed by atoms with van der Waals surface area (Å²) in [6, 6.07) is 0. The van der Waals surface area contributed by atoms with Crippen LogP contribution < -0.4 is 15.6 Å². The van der Waals surface area contributed by atoms with E-state index in [4.69, 9.17) is 4.52 Å². The topological polar surface area (TPSA) is 45.3 Å². The minimum absolute atomic E-state index is 0.709. The third kappa shape index (κ3) is 10.6. The highest BCUT2D eigenvalue weighted by atomic mass is 32.2. The van der Waals surface area contributed by atoms with Crippen molar-refractivity contribution in [2.24, 2.45) is 5.92 Å². The van der Waals surface area contributed by atoms with E-state index in [0.29, 0.717) is 5.92 Å². The fraction of sp³-hybridized carbons (Fsp3) is 0.882. The molecule has 1 aliphatic carbocycles. The second kappa shape index (κ2) is 14.5. The van der Waals surface area contributed by atoms with Gasteiger partial charge in [-0.25, -0.2) is 5.43 Å². The highest BCUT2D eigenvalue weighted by molar-refractivity contribution is 7.98. The van der Waals surface area contributed by atoms with Gasteiger partial charge in [-0.3, -0.25) is 4.72 Å². The molecule has 1 fully saturated rings. The van der Waals surface area contributed by atoms with Gasteiger partial charge in [0.15, 0.2) is 0 Å². The van der Waals surface area contributed by atoms with Crippen LogP contribution in [0.3, 0.4) is 0 Å². The molecule has 6 heteroatoms. The van der Waals surface area contributed by atoms with Gasteiger partial charge in [0.2, 0.25) is 0 Å². The maximum atomic E-state index is 5.00. The molecule has 0 bridgehead atoms. The van der Waals surface area contributed by atoms with Crippen LogP contribution in [0.5, 0.6) is 0 Å². The number of hydrogen-bond donors (Lipinski definition) is 3. The van der Waals surface area contributed by atoms with Gasteiger partial charge < -0.3 is 9.95 Å². The molecule has 23 heavy (non-hydrogen) atoms. The molecule has 0 spiro atoms. The Kier molecular flexibility index (Phi) is 13.4. The summed E-state index contributed by atoms with van der Waals surface area (Å²) in [6.07, 6.45) is 13.7. The SMILES string of the molecule is CNN/C=C1/CCC(SNCCCCCCOP)CCCC1C. The minimum atomic E-state index is 0.709. The Labute approximate surface area is 149 Å². The molecule has 3 N–H and O–H groups in total. The van der Waals surface area contributed by atoms with Crippen LogP contribution in [-0.2, 0) is 4.52 Å². The number of unbranched alkanes of at least 4 members (excludes halogenated alkanes) is 3. The van der Waals surface area contributed by atoms with E-state index in [1.807, 2.05) is 19.0 Å². The first-order chi connectivity index (χ1) is 11.3. The lowest BCUT2D eigenvalue weighted by Crippen LogP contribution is -2.23. The summed E-state index contributed by atoms with van der Waals surface area (Å²) in [4.78, 5) is 0. The van der Waals surface area contributed by atoms with Crippen LogP contribution >= 0.6 is 21.4 Å². The maximum absolute atomic E-state index is 5.00. The number of allylic oxidation sites excluding steroid dienone is 1. The van der Waals surface area contributed by atoms with Crippen molar-refractivity contribution in [3.05, 3.63) is 11.8 Å². The average Bonchev–Trinajstić information content (AvgIpc) is 2.54. The van der Waals surface area contributed by atoms with E-state index in [1.54, 1.807) is 5.57 Å². The number of hydrogen-bond acceptors (Lipinski definition) is 5. The summed E-state index contributed by atoms with van der Waals surface area (Å²) in [5, 5.41) is 0.756. The molecule has 3 unspecified atom stereocenters. The molecule has 0 aromatic heterocycles. The summed E-state index contributed by atoms with van der Waals surface area (Å²) in [6.45, 7) is 4.35. The fourth-order valence-corrected chi connectivity index (χ4v) is 4.15. The smallest absolute Gasteiger partial charge is 0.0501 e. The molecule has 0 radical (unpaired) electrons. The van der Waals surface area contributed by atoms with Gasteiger partial charge in [-0.05, 0) is 44.4 Å². The lowest BCUT2D eigenvalue weighted by atomic mass is 9.88. The first kappa shape index (κ1) is 21.2. The molecule has 0 aromatic carbocycles. The molecule has 4 nitrogen and oxygen atoms in total. The van der Waals surface area contributed by atoms with E-state index in [2.05, 4.69) is 38.2 Å². The van der Waals surface area contributed by atoms with Gasteiger partial charge in [0, 0.05) is 34.5 Å². The minimum Gasteiger partial charge on any atom is -0.366 e. The van der Waals surface area contributed by atoms with Crippen molar-refractivity contribution in [1.29, 1.82) is 0 Å². The van der Waals surface area contributed by atoms with Gasteiger partial charge in [-0.1, -0.05) is 43.7 Å². The Morgan fingerprint density at radius 1 is 1.22 bits per heavy atom. The Bertz CT molecular complexity index is 318. The molecular formula is C17H36N3OPS. The lowest BCUT2D eigenvalue weighted by molar-refractivity contribution is 0.353. The molecule has 0 saturated heterocycles. The number of rotatable bonds is 11. The van der Waals surface area contributed by atoms with E-state index in [-0.39, 0.29) is 0 Å². The van der Waals surface area contributed by atoms with Crippen LogP contribution in [0.25, 0.3) is 0 Å². The van der Waals surface area contributed by atoms with E-state index in [1.165, 1.54) is 57.8 Å². The maximum Gasteiger partial charge on any atom is 0.0501 e. The van der Waals surface area contributed by atoms with Gasteiger partial charge in [0.05, 0.1) is 6.61 Å². The predicted octanol–water partition coefficient (Wildman–Crippen LogP) is 4.17. The van der Waals surface area contributed by atoms with Gasteiger partial charge in [-0.2, -0.15) is 0 Å². The van der Waals surface area contributed by atoms with E-state index < -0.39 is 0 Å². The van der Waals surface area contributed by atoms with Crippen molar-refractivity contribution >= 4 is 21.4 Å². The van der Waals surface area contributed by atoms with Crippen molar-refractivity contribution < 1.29 is 4.52 Å². The predicted molar refractivity (Wildman–Crippen MR) is 106 cm³/mol. The van der Waals surface area contributed by atoms with Crippen molar-refractivity contribution in [2.75, 3.05) is 20.2 Å². The number of hydrazine groups is 1. The van der Waals surface area contributed by atoms with Crippen LogP contribution in [0.15, 0.2) is 11.8 Å². The Hall–Kier alpha value is 0.200. The second-order valence-electron chi connectivity index (χ2n) is 6.40. The Balaban J connectivity index is 2.14. The van der Waals surface area contributed by atoms with Crippen molar-refractivity contribution in [2.45, 2.75) is 70.0 Å². The lowest BCUT2D eigenvalue weighted by Gasteiger charge is -2.25. The van der Waals surface area contributed by atoms with Crippen molar-refractivity contribution in [3.8, 4) is 0 Å². The zero-order chi connectivity index (χ0) is 16.8. The van der Waals surface area contributed by atoms with Gasteiger partial charge in [-0.15, -0.1) is 0 Å². The molecule has 1 aliphatic rings. The molecule has 0 heterocycles. The van der Waals surface area contributed by atoms with Crippen LogP contribution in [0, 0.1) is 5.92 Å². The molecule has 3 atom stereocenters. The second-order valence-corrected chi connectivity index (χ2v) is 7.93. The van der Waals surface area contributed by atoms with Crippen LogP contribution in [0.2, 0.25) is 0 Å². The number of nitrogens with one attached hydrogen (secondary N) is 3. The van der Waals surface area contributed by atoms with Gasteiger partial charge in [0.25, 0.3) is 0 Å². The third-order valence-corrected chi connectivity index (χ3v) is 5.91. The van der Waals surface area contributed by atoms with Crippen molar-refractivity contribution in [1.82, 2.24) is 15.6 Å². The zero-order valence-electron chi connectivity index (χ0n) is 14.9. The Morgan fingerprint density at radius 2 is 2.04 bits per heavy atom. The summed E-state index contributed by atoms with van der Waals surface area (Å²) in [5.74, 6) is 0.709. The summed E-state index contributed by atoms with van der Waals surface area (Å²) in [7, 11) is 4.24. The molecule has 0 amide bonds. The molecule has 1 rings (SSSR count). The molecule has 136 valence electrons. The van der Waals surface area contributed by atoms with Crippen LogP contribution in [0.1, 0.15) is 64.7 Å². The third-order valence-electron chi connectivity index (χ3n) is 4.49. The van der Waals surface area contributed by atoms with E-state index >= 15 is 0 Å². The van der Waals surface area contributed by atoms with E-state index in [0.717, 1.165) is 18.4 Å². The first-order valence-electron chi connectivity index (χ1n) is 9.09. The summed E-state index contributed by atoms with van der Waals surface area (Å²) >= 11 is 1.97. The zero-order valence-corrected chi connectivity index (χ0v) is 16.9. The van der Waals surface area contributed by atoms with Gasteiger partial charge >= 0.3 is 0 Å². The molecule has 0 aliphatic heterocycles. The Morgan fingerprint density at radius 3 is 2.83 bits per heavy atom. The average molecular weight is 362 g/mol. The monoisotopic (exact) mass is 361 g/mol. The summed E-state index contributed by atoms with van der Waals surface area (Å²) < 4.78 is 8.59. The summed E-state index contributed by atoms with van der Waals surface area (Å²) in [5.41, 5.74) is 7.70. The quantitative estimate of drug-likeness (QED) is 0.223. The van der Waals surface area contributed by atoms with Crippen LogP contribution in [-0.4, -0.2) is 25.4 Å². The molecule has 1 saturated carbocycles. The molecular weight excluding hydrogens is 325 g/mol. The van der Waals surface area contributed by atoms with Gasteiger partial charge in [0.1, 0.15) is 0 Å². The highest BCUT2D eigenvalue weighted by Crippen LogP contribution is 2.30. The normalized spacial score (nSPS) is 24.4. The standard InChI is InChI=1S/C17H36N3OPS/c1-15-8-7-9-17(11-10-16(15)14-19-18-2)23-20-12-5-3-4-6-13-21-22/h14-15,17-20H,3-13,22H2,1-2H3/b16-14-. The van der Waals surface area contributed by atoms with Crippen LogP contribution in [0.4, 0.5) is 0 Å². The van der Waals surface area contributed by atoms with E-state index in [9.17, 15) is 0 Å². The fourth-order valence-electron chi connectivity index (χ4n) is 2.97. The highest BCUT2D eigenvalue weighted by Gasteiger charge is 2.18. The largest absolute Gasteiger partial charge is 0.366 e.